The van der Waals surface area contributed by atoms with Crippen molar-refractivity contribution in [2.24, 2.45) is 5.92 Å². The van der Waals surface area contributed by atoms with Gasteiger partial charge in [-0.25, -0.2) is 0 Å². The number of hydrogen-bond donors (Lipinski definition) is 2. The summed E-state index contributed by atoms with van der Waals surface area (Å²) in [5, 5.41) is 6.82. The van der Waals surface area contributed by atoms with Crippen molar-refractivity contribution in [3.05, 3.63) is 107 Å². The molecule has 0 radical (unpaired) electrons. The third kappa shape index (κ3) is 4.96. The second-order valence-electron chi connectivity index (χ2n) is 9.16. The summed E-state index contributed by atoms with van der Waals surface area (Å²) in [5.74, 6) is 1.45. The zero-order valence-electron chi connectivity index (χ0n) is 20.1. The van der Waals surface area contributed by atoms with E-state index in [2.05, 4.69) is 53.1 Å². The number of rotatable bonds is 9. The van der Waals surface area contributed by atoms with Crippen molar-refractivity contribution in [2.45, 2.75) is 31.4 Å². The van der Waals surface area contributed by atoms with Crippen LogP contribution in [0.3, 0.4) is 0 Å². The van der Waals surface area contributed by atoms with Gasteiger partial charge in [0.1, 0.15) is 12.4 Å². The Morgan fingerprint density at radius 1 is 1.00 bits per heavy atom. The summed E-state index contributed by atoms with van der Waals surface area (Å²) in [5.41, 5.74) is 5.06. The Bertz CT molecular complexity index is 1190. The lowest BCUT2D eigenvalue weighted by Crippen LogP contribution is -2.32. The molecule has 1 heterocycles. The van der Waals surface area contributed by atoms with E-state index in [4.69, 9.17) is 9.47 Å². The van der Waals surface area contributed by atoms with Crippen molar-refractivity contribution in [1.29, 1.82) is 0 Å². The standard InChI is InChI=1S/C30H32N2O3/c1-34-19-9-18-31-30(33)26-16-8-15-24-22-13-7-14-23(22)28(32-29(24)26)25-12-5-6-17-27(25)35-20-21-10-3-2-4-11-21/h2-8,10-13,15-17,22-23,28,32H,9,14,18-20H2,1H3,(H,31,33). The van der Waals surface area contributed by atoms with E-state index in [9.17, 15) is 4.79 Å². The van der Waals surface area contributed by atoms with Gasteiger partial charge in [-0.3, -0.25) is 4.79 Å². The maximum Gasteiger partial charge on any atom is 0.253 e. The van der Waals surface area contributed by atoms with Gasteiger partial charge in [-0.2, -0.15) is 0 Å². The van der Waals surface area contributed by atoms with E-state index < -0.39 is 0 Å². The molecule has 3 aromatic rings. The second kappa shape index (κ2) is 10.8. The maximum atomic E-state index is 13.1. The minimum atomic E-state index is -0.0572. The van der Waals surface area contributed by atoms with E-state index in [0.717, 1.165) is 35.4 Å². The molecule has 0 saturated heterocycles. The molecule has 5 heteroatoms. The molecule has 0 fully saturated rings. The number of benzene rings is 3. The fourth-order valence-corrected chi connectivity index (χ4v) is 5.24. The number of nitrogens with one attached hydrogen (secondary N) is 2. The first-order chi connectivity index (χ1) is 17.3. The van der Waals surface area contributed by atoms with Crippen LogP contribution in [-0.2, 0) is 11.3 Å². The number of ether oxygens (including phenoxy) is 2. The van der Waals surface area contributed by atoms with E-state index in [1.54, 1.807) is 7.11 Å². The lowest BCUT2D eigenvalue weighted by Gasteiger charge is -2.38. The van der Waals surface area contributed by atoms with Gasteiger partial charge in [0, 0.05) is 31.7 Å². The van der Waals surface area contributed by atoms with Crippen LogP contribution >= 0.6 is 0 Å². The number of methoxy groups -OCH3 is 1. The Labute approximate surface area is 207 Å². The molecule has 2 N–H and O–H groups in total. The van der Waals surface area contributed by atoms with Crippen LogP contribution < -0.4 is 15.4 Å². The number of amides is 1. The third-order valence-corrected chi connectivity index (χ3v) is 6.94. The minimum absolute atomic E-state index is 0.0388. The summed E-state index contributed by atoms with van der Waals surface area (Å²) in [6.07, 6.45) is 6.34. The number of fused-ring (bicyclic) bond motifs is 3. The average Bonchev–Trinajstić information content (AvgIpc) is 3.40. The Kier molecular flexibility index (Phi) is 7.15. The molecule has 0 bridgehead atoms. The molecule has 35 heavy (non-hydrogen) atoms. The van der Waals surface area contributed by atoms with Crippen LogP contribution in [0.15, 0.2) is 84.9 Å². The van der Waals surface area contributed by atoms with E-state index >= 15 is 0 Å². The van der Waals surface area contributed by atoms with E-state index in [0.29, 0.717) is 31.2 Å². The lowest BCUT2D eigenvalue weighted by molar-refractivity contribution is 0.0949. The van der Waals surface area contributed by atoms with Gasteiger partial charge < -0.3 is 20.1 Å². The van der Waals surface area contributed by atoms with Crippen molar-refractivity contribution in [2.75, 3.05) is 25.6 Å². The van der Waals surface area contributed by atoms with Gasteiger partial charge in [0.2, 0.25) is 0 Å². The highest BCUT2D eigenvalue weighted by Crippen LogP contribution is 2.51. The van der Waals surface area contributed by atoms with Crippen LogP contribution in [0.5, 0.6) is 5.75 Å². The molecular weight excluding hydrogens is 436 g/mol. The molecule has 1 aliphatic heterocycles. The molecule has 180 valence electrons. The number of hydrogen-bond acceptors (Lipinski definition) is 4. The smallest absolute Gasteiger partial charge is 0.253 e. The first-order valence-electron chi connectivity index (χ1n) is 12.3. The largest absolute Gasteiger partial charge is 0.489 e. The molecule has 0 spiro atoms. The summed E-state index contributed by atoms with van der Waals surface area (Å²) in [7, 11) is 1.67. The summed E-state index contributed by atoms with van der Waals surface area (Å²) in [6, 6.07) is 24.6. The van der Waals surface area contributed by atoms with E-state index in [-0.39, 0.29) is 17.9 Å². The Balaban J connectivity index is 1.43. The molecule has 1 amide bonds. The molecule has 5 rings (SSSR count). The molecule has 2 aliphatic rings. The van der Waals surface area contributed by atoms with Crippen molar-refractivity contribution in [3.8, 4) is 5.75 Å². The van der Waals surface area contributed by atoms with Gasteiger partial charge in [0.05, 0.1) is 17.3 Å². The molecule has 3 atom stereocenters. The summed E-state index contributed by atoms with van der Waals surface area (Å²) < 4.78 is 11.4. The molecule has 3 unspecified atom stereocenters. The van der Waals surface area contributed by atoms with Crippen molar-refractivity contribution >= 4 is 11.6 Å². The monoisotopic (exact) mass is 468 g/mol. The topological polar surface area (TPSA) is 59.6 Å². The number of anilines is 1. The fourth-order valence-electron chi connectivity index (χ4n) is 5.24. The number of carbonyl (C=O) groups excluding carboxylic acids is 1. The molecule has 5 nitrogen and oxygen atoms in total. The Hall–Kier alpha value is -3.57. The second-order valence-corrected chi connectivity index (χ2v) is 9.16. The maximum absolute atomic E-state index is 13.1. The summed E-state index contributed by atoms with van der Waals surface area (Å²) in [4.78, 5) is 13.1. The van der Waals surface area contributed by atoms with Crippen molar-refractivity contribution in [3.63, 3.8) is 0 Å². The zero-order valence-corrected chi connectivity index (χ0v) is 20.1. The first kappa shape index (κ1) is 23.2. The molecule has 1 aliphatic carbocycles. The van der Waals surface area contributed by atoms with E-state index in [1.165, 1.54) is 5.56 Å². The number of para-hydroxylation sites is 2. The quantitative estimate of drug-likeness (QED) is 0.305. The highest BCUT2D eigenvalue weighted by molar-refractivity contribution is 6.00. The van der Waals surface area contributed by atoms with Gasteiger partial charge in [0.25, 0.3) is 5.91 Å². The lowest BCUT2D eigenvalue weighted by atomic mass is 9.76. The summed E-state index contributed by atoms with van der Waals surface area (Å²) >= 11 is 0. The van der Waals surface area contributed by atoms with Gasteiger partial charge >= 0.3 is 0 Å². The average molecular weight is 469 g/mol. The fraction of sp³-hybridized carbons (Fsp3) is 0.300. The third-order valence-electron chi connectivity index (χ3n) is 6.94. The Morgan fingerprint density at radius 2 is 1.80 bits per heavy atom. The van der Waals surface area contributed by atoms with Gasteiger partial charge in [-0.1, -0.05) is 72.8 Å². The van der Waals surface area contributed by atoms with Crippen LogP contribution in [-0.4, -0.2) is 26.2 Å². The van der Waals surface area contributed by atoms with Crippen LogP contribution in [0.4, 0.5) is 5.69 Å². The minimum Gasteiger partial charge on any atom is -0.489 e. The van der Waals surface area contributed by atoms with Crippen LogP contribution in [0.1, 0.15) is 51.8 Å². The highest BCUT2D eigenvalue weighted by Gasteiger charge is 2.40. The Morgan fingerprint density at radius 3 is 2.66 bits per heavy atom. The molecular formula is C30H32N2O3. The van der Waals surface area contributed by atoms with Crippen molar-refractivity contribution < 1.29 is 14.3 Å². The first-order valence-corrected chi connectivity index (χ1v) is 12.3. The van der Waals surface area contributed by atoms with Crippen molar-refractivity contribution in [1.82, 2.24) is 5.32 Å². The predicted octanol–water partition coefficient (Wildman–Crippen LogP) is 5.86. The van der Waals surface area contributed by atoms with E-state index in [1.807, 2.05) is 42.5 Å². The summed E-state index contributed by atoms with van der Waals surface area (Å²) in [6.45, 7) is 1.73. The number of allylic oxidation sites excluding steroid dienone is 2. The van der Waals surface area contributed by atoms with Gasteiger partial charge in [-0.15, -0.1) is 0 Å². The predicted molar refractivity (Wildman–Crippen MR) is 139 cm³/mol. The highest BCUT2D eigenvalue weighted by atomic mass is 16.5. The van der Waals surface area contributed by atoms with Crippen LogP contribution in [0, 0.1) is 5.92 Å². The molecule has 0 aromatic heterocycles. The molecule has 3 aromatic carbocycles. The SMILES string of the molecule is COCCCNC(=O)c1cccc2c1NC(c1ccccc1OCc1ccccc1)C1CC=CC21. The normalized spacial score (nSPS) is 20.0. The number of carbonyl (C=O) groups is 1. The zero-order chi connectivity index (χ0) is 24.0. The van der Waals surface area contributed by atoms with Gasteiger partial charge in [0.15, 0.2) is 0 Å². The van der Waals surface area contributed by atoms with Crippen LogP contribution in [0.25, 0.3) is 0 Å². The van der Waals surface area contributed by atoms with Gasteiger partial charge in [-0.05, 0) is 42.0 Å². The molecule has 0 saturated carbocycles. The van der Waals surface area contributed by atoms with Crippen LogP contribution in [0.2, 0.25) is 0 Å².